The van der Waals surface area contributed by atoms with Crippen molar-refractivity contribution in [2.24, 2.45) is 5.92 Å². The second-order valence-electron chi connectivity index (χ2n) is 7.18. The van der Waals surface area contributed by atoms with Crippen LogP contribution in [0.3, 0.4) is 0 Å². The van der Waals surface area contributed by atoms with Gasteiger partial charge in [-0.1, -0.05) is 13.8 Å². The van der Waals surface area contributed by atoms with E-state index in [0.717, 1.165) is 13.0 Å². The van der Waals surface area contributed by atoms with Crippen molar-refractivity contribution in [3.05, 3.63) is 29.6 Å². The van der Waals surface area contributed by atoms with Crippen LogP contribution in [-0.4, -0.2) is 48.3 Å². The highest BCUT2D eigenvalue weighted by Gasteiger charge is 2.41. The van der Waals surface area contributed by atoms with Gasteiger partial charge in [0.25, 0.3) is 5.91 Å². The number of hydrogen-bond acceptors (Lipinski definition) is 4. The average molecular weight is 352 g/mol. The topological polar surface area (TPSA) is 61.8 Å². The molecule has 2 N–H and O–H groups in total. The molecule has 5 nitrogen and oxygen atoms in total. The first kappa shape index (κ1) is 19.7. The molecule has 0 unspecified atom stereocenters. The van der Waals surface area contributed by atoms with E-state index in [-0.39, 0.29) is 24.8 Å². The second kappa shape index (κ2) is 8.63. The number of aliphatic hydroxyl groups is 1. The minimum Gasteiger partial charge on any atom is -0.497 e. The van der Waals surface area contributed by atoms with Gasteiger partial charge in [0.2, 0.25) is 0 Å². The molecule has 2 rings (SSSR count). The summed E-state index contributed by atoms with van der Waals surface area (Å²) >= 11 is 0. The highest BCUT2D eigenvalue weighted by Crippen LogP contribution is 2.25. The lowest BCUT2D eigenvalue weighted by molar-refractivity contribution is -0.157. The average Bonchev–Trinajstić information content (AvgIpc) is 2.58. The Labute approximate surface area is 149 Å². The van der Waals surface area contributed by atoms with Gasteiger partial charge < -0.3 is 20.1 Å². The number of carbonyl (C=O) groups is 1. The van der Waals surface area contributed by atoms with Crippen LogP contribution in [0.1, 0.15) is 38.7 Å². The Hall–Kier alpha value is -1.66. The van der Waals surface area contributed by atoms with Crippen LogP contribution < -0.4 is 10.1 Å². The summed E-state index contributed by atoms with van der Waals surface area (Å²) in [7, 11) is 1.52. The van der Waals surface area contributed by atoms with Crippen molar-refractivity contribution in [2.45, 2.75) is 45.3 Å². The van der Waals surface area contributed by atoms with Crippen LogP contribution in [0.2, 0.25) is 0 Å². The van der Waals surface area contributed by atoms with Crippen LogP contribution in [0.4, 0.5) is 4.39 Å². The fourth-order valence-corrected chi connectivity index (χ4v) is 3.07. The number of nitrogens with one attached hydrogen (secondary N) is 1. The van der Waals surface area contributed by atoms with Crippen molar-refractivity contribution in [3.8, 4) is 5.75 Å². The molecule has 0 saturated carbocycles. The van der Waals surface area contributed by atoms with Gasteiger partial charge >= 0.3 is 0 Å². The fraction of sp³-hybridized carbons (Fsp3) is 0.632. The summed E-state index contributed by atoms with van der Waals surface area (Å²) in [5, 5.41) is 13.9. The van der Waals surface area contributed by atoms with E-state index >= 15 is 0 Å². The third-order valence-electron chi connectivity index (χ3n) is 4.63. The Balaban J connectivity index is 2.01. The molecule has 6 heteroatoms. The molecule has 1 amide bonds. The van der Waals surface area contributed by atoms with E-state index in [2.05, 4.69) is 19.2 Å². The number of nitrogens with zero attached hydrogens (tertiary/aromatic N) is 1. The zero-order chi connectivity index (χ0) is 18.4. The summed E-state index contributed by atoms with van der Waals surface area (Å²) in [6, 6.07) is 4.48. The summed E-state index contributed by atoms with van der Waals surface area (Å²) < 4.78 is 19.2. The Morgan fingerprint density at radius 1 is 1.44 bits per heavy atom. The van der Waals surface area contributed by atoms with Gasteiger partial charge in [-0.15, -0.1) is 0 Å². The maximum atomic E-state index is 14.0. The fourth-order valence-electron chi connectivity index (χ4n) is 3.07. The van der Waals surface area contributed by atoms with Crippen LogP contribution in [0.5, 0.6) is 5.75 Å². The summed E-state index contributed by atoms with van der Waals surface area (Å²) in [6.07, 6.45) is 2.11. The molecular weight excluding hydrogens is 323 g/mol. The van der Waals surface area contributed by atoms with Crippen LogP contribution in [0.25, 0.3) is 0 Å². The predicted molar refractivity (Wildman–Crippen MR) is 94.9 cm³/mol. The number of amides is 1. The van der Waals surface area contributed by atoms with Gasteiger partial charge in [0, 0.05) is 25.2 Å². The molecule has 0 spiro atoms. The smallest absolute Gasteiger partial charge is 0.256 e. The lowest BCUT2D eigenvalue weighted by atomic mass is 9.91. The Bertz CT molecular complexity index is 594. The van der Waals surface area contributed by atoms with E-state index in [9.17, 15) is 14.3 Å². The van der Waals surface area contributed by atoms with E-state index in [1.807, 2.05) is 0 Å². The van der Waals surface area contributed by atoms with Crippen molar-refractivity contribution in [2.75, 3.05) is 26.7 Å². The first-order valence-corrected chi connectivity index (χ1v) is 8.90. The van der Waals surface area contributed by atoms with Gasteiger partial charge in [0.1, 0.15) is 11.6 Å². The number of hydrogen-bond donors (Lipinski definition) is 2. The van der Waals surface area contributed by atoms with Crippen molar-refractivity contribution >= 4 is 5.91 Å². The maximum Gasteiger partial charge on any atom is 0.256 e. The van der Waals surface area contributed by atoms with Gasteiger partial charge in [-0.05, 0) is 49.9 Å². The van der Waals surface area contributed by atoms with E-state index in [1.165, 1.54) is 18.1 Å². The largest absolute Gasteiger partial charge is 0.497 e. The van der Waals surface area contributed by atoms with E-state index < -0.39 is 5.60 Å². The van der Waals surface area contributed by atoms with Crippen LogP contribution in [0.15, 0.2) is 18.2 Å². The Morgan fingerprint density at radius 3 is 2.88 bits per heavy atom. The minimum atomic E-state index is -1.41. The number of ether oxygens (including phenoxy) is 1. The van der Waals surface area contributed by atoms with Crippen LogP contribution in [0, 0.1) is 11.7 Å². The number of likely N-dealkylation sites (tertiary alicyclic amines) is 1. The quantitative estimate of drug-likeness (QED) is 0.705. The zero-order valence-electron chi connectivity index (χ0n) is 15.3. The Kier molecular flexibility index (Phi) is 6.79. The normalized spacial score (nSPS) is 21.0. The molecule has 1 aromatic rings. The number of methoxy groups -OCH3 is 1. The first-order chi connectivity index (χ1) is 11.9. The molecular formula is C19H29FN2O3. The molecule has 0 radical (unpaired) electrons. The van der Waals surface area contributed by atoms with Gasteiger partial charge in [0.05, 0.1) is 7.11 Å². The van der Waals surface area contributed by atoms with Gasteiger partial charge in [0.15, 0.2) is 5.60 Å². The molecule has 1 aliphatic rings. The molecule has 1 heterocycles. The minimum absolute atomic E-state index is 0.135. The van der Waals surface area contributed by atoms with Gasteiger partial charge in [-0.3, -0.25) is 4.79 Å². The highest BCUT2D eigenvalue weighted by atomic mass is 19.1. The number of piperidine rings is 1. The number of carbonyl (C=O) groups excluding carboxylic acids is 1. The standard InChI is InChI=1S/C19H29FN2O3/c1-14(2)7-9-21-13-19(24)8-4-10-22(18(19)23)12-15-11-16(25-3)5-6-17(15)20/h5-6,11,14,21,24H,4,7-10,12-13H2,1-3H3/t19-/m1/s1. The SMILES string of the molecule is COc1ccc(F)c(CN2CCC[C@@](O)(CNCCC(C)C)C2=O)c1. The summed E-state index contributed by atoms with van der Waals surface area (Å²) in [6.45, 7) is 5.91. The van der Waals surface area contributed by atoms with Crippen molar-refractivity contribution in [1.29, 1.82) is 0 Å². The third kappa shape index (κ3) is 5.16. The lowest BCUT2D eigenvalue weighted by Crippen LogP contribution is -2.57. The zero-order valence-corrected chi connectivity index (χ0v) is 15.3. The molecule has 1 atom stereocenters. The van der Waals surface area contributed by atoms with Crippen molar-refractivity contribution in [3.63, 3.8) is 0 Å². The van der Waals surface area contributed by atoms with Crippen LogP contribution >= 0.6 is 0 Å². The van der Waals surface area contributed by atoms with E-state index in [4.69, 9.17) is 4.74 Å². The summed E-state index contributed by atoms with van der Waals surface area (Å²) in [4.78, 5) is 14.3. The maximum absolute atomic E-state index is 14.0. The van der Waals surface area contributed by atoms with Gasteiger partial charge in [-0.25, -0.2) is 4.39 Å². The first-order valence-electron chi connectivity index (χ1n) is 8.90. The summed E-state index contributed by atoms with van der Waals surface area (Å²) in [5.74, 6) is 0.402. The second-order valence-corrected chi connectivity index (χ2v) is 7.18. The number of benzene rings is 1. The Morgan fingerprint density at radius 2 is 2.20 bits per heavy atom. The number of halogens is 1. The summed E-state index contributed by atoms with van der Waals surface area (Å²) in [5.41, 5.74) is -1.02. The molecule has 0 aliphatic carbocycles. The van der Waals surface area contributed by atoms with E-state index in [1.54, 1.807) is 12.1 Å². The molecule has 25 heavy (non-hydrogen) atoms. The van der Waals surface area contributed by atoms with E-state index in [0.29, 0.717) is 36.6 Å². The van der Waals surface area contributed by atoms with Crippen LogP contribution in [-0.2, 0) is 11.3 Å². The van der Waals surface area contributed by atoms with Gasteiger partial charge in [-0.2, -0.15) is 0 Å². The van der Waals surface area contributed by atoms with Crippen molar-refractivity contribution in [1.82, 2.24) is 10.2 Å². The number of rotatable bonds is 8. The molecule has 0 aromatic heterocycles. The molecule has 0 bridgehead atoms. The molecule has 1 aliphatic heterocycles. The molecule has 1 saturated heterocycles. The highest BCUT2D eigenvalue weighted by molar-refractivity contribution is 5.86. The van der Waals surface area contributed by atoms with Crippen molar-refractivity contribution < 1.29 is 19.0 Å². The molecule has 1 aromatic carbocycles. The third-order valence-corrected chi connectivity index (χ3v) is 4.63. The lowest BCUT2D eigenvalue weighted by Gasteiger charge is -2.38. The monoisotopic (exact) mass is 352 g/mol. The molecule has 140 valence electrons. The predicted octanol–water partition coefficient (Wildman–Crippen LogP) is 2.32. The molecule has 1 fully saturated rings.